The Morgan fingerprint density at radius 3 is 1.79 bits per heavy atom. The number of ether oxygens (including phenoxy) is 7. The number of hydrogen-bond acceptors (Lipinski definition) is 14. The molecule has 1 aliphatic heterocycles. The van der Waals surface area contributed by atoms with Gasteiger partial charge in [-0.1, -0.05) is 45.0 Å². The van der Waals surface area contributed by atoms with Crippen molar-refractivity contribution in [3.05, 3.63) is 41.0 Å². The molecule has 0 spiro atoms. The van der Waals surface area contributed by atoms with Crippen molar-refractivity contribution in [3.63, 3.8) is 0 Å². The predicted octanol–water partition coefficient (Wildman–Crippen LogP) is 1.43. The number of likely N-dealkylation sites (tertiary alicyclic amines) is 1. The van der Waals surface area contributed by atoms with Gasteiger partial charge < -0.3 is 58.9 Å². The third-order valence-electron chi connectivity index (χ3n) is 8.40. The molecule has 4 N–H and O–H groups in total. The molecule has 1 aliphatic rings. The summed E-state index contributed by atoms with van der Waals surface area (Å²) in [6.07, 6.45) is -0.773. The third-order valence-corrected chi connectivity index (χ3v) is 9.38. The van der Waals surface area contributed by atoms with Crippen molar-refractivity contribution in [2.75, 3.05) is 99.0 Å². The molecule has 0 radical (unpaired) electrons. The standard InChI is InChI=1S/C38H58N4O13S/c1-27-34(56-26-40-27)29-7-5-28(6-8-29)22-39-36(47)31-21-30(43)23-42(31)37(48)35(38(2,3)4)41-32(44)24-54-19-17-52-15-13-50-11-9-49-10-12-51-14-16-53-18-20-55-25-33(45)46/h5-8,26,30-31,35,43H,9-25H2,1-4H3,(H,39,47)(H,41,44)(H,45,46)/t30-,31+,35-/m1/s1. The van der Waals surface area contributed by atoms with E-state index in [4.69, 9.17) is 38.3 Å². The smallest absolute Gasteiger partial charge is 0.329 e. The monoisotopic (exact) mass is 810 g/mol. The van der Waals surface area contributed by atoms with Crippen LogP contribution >= 0.6 is 11.3 Å². The van der Waals surface area contributed by atoms with E-state index in [1.165, 1.54) is 4.90 Å². The van der Waals surface area contributed by atoms with Gasteiger partial charge in [-0.05, 0) is 23.5 Å². The number of β-amino-alcohol motifs (C(OH)–C–C–N with tert-alkyl or cyclic N) is 1. The van der Waals surface area contributed by atoms with Crippen LogP contribution in [0.3, 0.4) is 0 Å². The fraction of sp³-hybridized carbons (Fsp3) is 0.658. The predicted molar refractivity (Wildman–Crippen MR) is 205 cm³/mol. The van der Waals surface area contributed by atoms with Gasteiger partial charge in [0.15, 0.2) is 0 Å². The highest BCUT2D eigenvalue weighted by molar-refractivity contribution is 7.13. The highest BCUT2D eigenvalue weighted by Gasteiger charge is 2.44. The van der Waals surface area contributed by atoms with E-state index in [0.29, 0.717) is 59.5 Å². The maximum atomic E-state index is 13.8. The van der Waals surface area contributed by atoms with Crippen molar-refractivity contribution in [2.24, 2.45) is 5.41 Å². The van der Waals surface area contributed by atoms with Gasteiger partial charge in [0.25, 0.3) is 0 Å². The number of thiazole rings is 1. The van der Waals surface area contributed by atoms with Crippen molar-refractivity contribution >= 4 is 35.0 Å². The van der Waals surface area contributed by atoms with E-state index in [1.54, 1.807) is 16.8 Å². The first kappa shape index (κ1) is 46.8. The Kier molecular flexibility index (Phi) is 21.4. The summed E-state index contributed by atoms with van der Waals surface area (Å²) in [7, 11) is 0. The SMILES string of the molecule is Cc1ncsc1-c1ccc(CNC(=O)[C@@H]2C[C@@H](O)CN2C(=O)[C@@H](NC(=O)COCCOCCOCCOCCOCCOCCOCC(=O)O)C(C)(C)C)cc1. The van der Waals surface area contributed by atoms with Gasteiger partial charge in [-0.25, -0.2) is 9.78 Å². The summed E-state index contributed by atoms with van der Waals surface area (Å²) >= 11 is 1.57. The van der Waals surface area contributed by atoms with Gasteiger partial charge in [0, 0.05) is 19.5 Å². The summed E-state index contributed by atoms with van der Waals surface area (Å²) in [5.41, 5.74) is 4.01. The Bertz CT molecular complexity index is 1470. The van der Waals surface area contributed by atoms with Crippen molar-refractivity contribution in [1.82, 2.24) is 20.5 Å². The highest BCUT2D eigenvalue weighted by atomic mass is 32.1. The number of nitrogens with one attached hydrogen (secondary N) is 2. The van der Waals surface area contributed by atoms with Gasteiger partial charge >= 0.3 is 5.97 Å². The molecule has 1 aromatic heterocycles. The number of carbonyl (C=O) groups is 4. The van der Waals surface area contributed by atoms with Gasteiger partial charge in [0.05, 0.1) is 101 Å². The van der Waals surface area contributed by atoms with Crippen LogP contribution in [0.2, 0.25) is 0 Å². The number of nitrogens with zero attached hydrogens (tertiary/aromatic N) is 2. The summed E-state index contributed by atoms with van der Waals surface area (Å²) < 4.78 is 37.3. The maximum absolute atomic E-state index is 13.8. The van der Waals surface area contributed by atoms with Crippen molar-refractivity contribution in [1.29, 1.82) is 0 Å². The molecule has 1 fully saturated rings. The van der Waals surface area contributed by atoms with Crippen LogP contribution in [0.1, 0.15) is 38.4 Å². The van der Waals surface area contributed by atoms with Gasteiger partial charge in [0.2, 0.25) is 17.7 Å². The number of rotatable bonds is 28. The summed E-state index contributed by atoms with van der Waals surface area (Å²) in [5.74, 6) is -2.33. The molecule has 18 heteroatoms. The van der Waals surface area contributed by atoms with Crippen LogP contribution in [-0.2, 0) is 58.9 Å². The number of aromatic nitrogens is 1. The Morgan fingerprint density at radius 1 is 0.821 bits per heavy atom. The lowest BCUT2D eigenvalue weighted by Crippen LogP contribution is -2.58. The topological polar surface area (TPSA) is 214 Å². The van der Waals surface area contributed by atoms with Crippen molar-refractivity contribution in [3.8, 4) is 10.4 Å². The first-order valence-electron chi connectivity index (χ1n) is 18.7. The second kappa shape index (κ2) is 25.6. The largest absolute Gasteiger partial charge is 0.480 e. The van der Waals surface area contributed by atoms with E-state index < -0.39 is 41.4 Å². The average Bonchev–Trinajstić information content (AvgIpc) is 3.77. The van der Waals surface area contributed by atoms with E-state index in [-0.39, 0.29) is 58.5 Å². The van der Waals surface area contributed by atoms with Crippen LogP contribution < -0.4 is 10.6 Å². The van der Waals surface area contributed by atoms with Gasteiger partial charge in [-0.15, -0.1) is 11.3 Å². The number of benzene rings is 1. The lowest BCUT2D eigenvalue weighted by molar-refractivity contribution is -0.144. The zero-order valence-electron chi connectivity index (χ0n) is 32.8. The maximum Gasteiger partial charge on any atom is 0.329 e. The second-order valence-corrected chi connectivity index (χ2v) is 14.9. The molecule has 314 valence electrons. The lowest BCUT2D eigenvalue weighted by atomic mass is 9.85. The number of carbonyl (C=O) groups excluding carboxylic acids is 3. The summed E-state index contributed by atoms with van der Waals surface area (Å²) in [5, 5.41) is 24.6. The number of carboxylic acid groups (broad SMARTS) is 1. The Labute approximate surface area is 332 Å². The van der Waals surface area contributed by atoms with E-state index in [2.05, 4.69) is 15.6 Å². The number of hydrogen-bond donors (Lipinski definition) is 4. The van der Waals surface area contributed by atoms with Gasteiger partial charge in [0.1, 0.15) is 25.3 Å². The van der Waals surface area contributed by atoms with Gasteiger partial charge in [-0.3, -0.25) is 14.4 Å². The Hall–Kier alpha value is -3.59. The van der Waals surface area contributed by atoms with E-state index in [0.717, 1.165) is 21.7 Å². The highest BCUT2D eigenvalue weighted by Crippen LogP contribution is 2.28. The number of aliphatic hydroxyl groups is 1. The quantitative estimate of drug-likeness (QED) is 0.0896. The van der Waals surface area contributed by atoms with Crippen LogP contribution in [0.4, 0.5) is 0 Å². The molecule has 3 atom stereocenters. The number of aryl methyl sites for hydroxylation is 1. The Balaban J connectivity index is 1.25. The van der Waals surface area contributed by atoms with E-state index >= 15 is 0 Å². The number of amides is 3. The molecule has 1 aromatic carbocycles. The third kappa shape index (κ3) is 17.7. The minimum Gasteiger partial charge on any atom is -0.480 e. The average molecular weight is 811 g/mol. The van der Waals surface area contributed by atoms with Crippen LogP contribution in [0, 0.1) is 12.3 Å². The minimum atomic E-state index is -1.02. The number of aliphatic carboxylic acids is 1. The van der Waals surface area contributed by atoms with Crippen molar-refractivity contribution in [2.45, 2.75) is 58.8 Å². The molecule has 2 aromatic rings. The molecule has 17 nitrogen and oxygen atoms in total. The second-order valence-electron chi connectivity index (χ2n) is 14.0. The van der Waals surface area contributed by atoms with Crippen LogP contribution in [0.5, 0.6) is 0 Å². The van der Waals surface area contributed by atoms with E-state index in [1.807, 2.05) is 52.0 Å². The van der Waals surface area contributed by atoms with Crippen LogP contribution in [-0.4, -0.2) is 161 Å². The molecule has 0 unspecified atom stereocenters. The molecule has 2 heterocycles. The molecule has 3 amide bonds. The summed E-state index contributed by atoms with van der Waals surface area (Å²) in [6.45, 7) is 11.0. The minimum absolute atomic E-state index is 0.0171. The molecule has 1 saturated heterocycles. The fourth-order valence-electron chi connectivity index (χ4n) is 5.52. The van der Waals surface area contributed by atoms with Gasteiger partial charge in [-0.2, -0.15) is 0 Å². The van der Waals surface area contributed by atoms with Crippen molar-refractivity contribution < 1.29 is 62.5 Å². The molecule has 56 heavy (non-hydrogen) atoms. The van der Waals surface area contributed by atoms with E-state index in [9.17, 15) is 24.3 Å². The first-order valence-corrected chi connectivity index (χ1v) is 19.6. The molecular formula is C38H58N4O13S. The molecule has 0 aliphatic carbocycles. The Morgan fingerprint density at radius 2 is 1.32 bits per heavy atom. The molecule has 0 bridgehead atoms. The number of carboxylic acids is 1. The lowest BCUT2D eigenvalue weighted by Gasteiger charge is -2.35. The molecule has 0 saturated carbocycles. The zero-order valence-corrected chi connectivity index (χ0v) is 33.6. The van der Waals surface area contributed by atoms with Crippen LogP contribution in [0.25, 0.3) is 10.4 Å². The zero-order chi connectivity index (χ0) is 40.8. The normalized spacial score (nSPS) is 16.2. The first-order chi connectivity index (χ1) is 26.9. The summed E-state index contributed by atoms with van der Waals surface area (Å²) in [6, 6.07) is 5.99. The fourth-order valence-corrected chi connectivity index (χ4v) is 6.34. The summed E-state index contributed by atoms with van der Waals surface area (Å²) in [4.78, 5) is 57.0. The van der Waals surface area contributed by atoms with Crippen LogP contribution in [0.15, 0.2) is 29.8 Å². The number of aliphatic hydroxyl groups excluding tert-OH is 1. The molecule has 3 rings (SSSR count). The molecular weight excluding hydrogens is 752 g/mol.